The minimum absolute atomic E-state index is 0. The van der Waals surface area contributed by atoms with Gasteiger partial charge in [0.1, 0.15) is 0 Å². The van der Waals surface area contributed by atoms with Crippen LogP contribution in [-0.2, 0) is 17.8 Å². The van der Waals surface area contributed by atoms with E-state index in [9.17, 15) is 4.79 Å². The molecule has 0 radical (unpaired) electrons. The van der Waals surface area contributed by atoms with Crippen molar-refractivity contribution in [3.63, 3.8) is 0 Å². The normalized spacial score (nSPS) is 15.0. The van der Waals surface area contributed by atoms with Gasteiger partial charge in [0.25, 0.3) is 0 Å². The number of nitrogens with zero attached hydrogens (tertiary/aromatic N) is 1. The molecule has 1 aromatic heterocycles. The van der Waals surface area contributed by atoms with Crippen molar-refractivity contribution in [3.8, 4) is 0 Å². The van der Waals surface area contributed by atoms with E-state index in [-0.39, 0.29) is 24.2 Å². The molecule has 1 aliphatic heterocycles. The fourth-order valence-electron chi connectivity index (χ4n) is 2.72. The van der Waals surface area contributed by atoms with Crippen LogP contribution in [0.25, 0.3) is 0 Å². The van der Waals surface area contributed by atoms with E-state index < -0.39 is 0 Å². The largest absolute Gasteiger partial charge is 0.337 e. The standard InChI is InChI=1S/C16H18N2OS.ClH/c17-10-14(12-4-2-1-3-5-12)16(19)18-8-6-15-13(11-18)7-9-20-15;/h1-5,7,9,14H,6,8,10-11,17H2;1H. The van der Waals surface area contributed by atoms with Gasteiger partial charge in [0.05, 0.1) is 5.92 Å². The molecule has 3 nitrogen and oxygen atoms in total. The lowest BCUT2D eigenvalue weighted by Crippen LogP contribution is -2.40. The Bertz CT molecular complexity index is 599. The van der Waals surface area contributed by atoms with Crippen LogP contribution in [0.3, 0.4) is 0 Å². The molecule has 112 valence electrons. The zero-order valence-corrected chi connectivity index (χ0v) is 13.3. The van der Waals surface area contributed by atoms with Crippen LogP contribution >= 0.6 is 23.7 Å². The Morgan fingerprint density at radius 2 is 2.05 bits per heavy atom. The molecule has 0 aliphatic carbocycles. The van der Waals surface area contributed by atoms with Gasteiger partial charge in [-0.2, -0.15) is 0 Å². The van der Waals surface area contributed by atoms with E-state index >= 15 is 0 Å². The average molecular weight is 323 g/mol. The third kappa shape index (κ3) is 3.28. The Labute approximate surface area is 135 Å². The fraction of sp³-hybridized carbons (Fsp3) is 0.312. The second kappa shape index (κ2) is 7.07. The maximum atomic E-state index is 12.7. The molecule has 1 unspecified atom stereocenters. The highest BCUT2D eigenvalue weighted by Crippen LogP contribution is 2.26. The first kappa shape index (κ1) is 16.0. The smallest absolute Gasteiger partial charge is 0.231 e. The SMILES string of the molecule is Cl.NCC(C(=O)N1CCc2sccc2C1)c1ccccc1. The van der Waals surface area contributed by atoms with E-state index in [1.54, 1.807) is 11.3 Å². The number of amides is 1. The first-order valence-electron chi connectivity index (χ1n) is 6.88. The van der Waals surface area contributed by atoms with Gasteiger partial charge in [0.2, 0.25) is 5.91 Å². The second-order valence-corrected chi connectivity index (χ2v) is 6.08. The van der Waals surface area contributed by atoms with E-state index in [4.69, 9.17) is 5.73 Å². The average Bonchev–Trinajstić information content (AvgIpc) is 2.96. The summed E-state index contributed by atoms with van der Waals surface area (Å²) in [5.74, 6) is -0.0769. The molecule has 2 aromatic rings. The summed E-state index contributed by atoms with van der Waals surface area (Å²) in [6.07, 6.45) is 0.963. The van der Waals surface area contributed by atoms with Gasteiger partial charge >= 0.3 is 0 Å². The van der Waals surface area contributed by atoms with Crippen LogP contribution in [0.15, 0.2) is 41.8 Å². The molecule has 1 aromatic carbocycles. The molecular formula is C16H19ClN2OS. The summed E-state index contributed by atoms with van der Waals surface area (Å²) < 4.78 is 0. The molecule has 1 aliphatic rings. The first-order valence-corrected chi connectivity index (χ1v) is 7.76. The summed E-state index contributed by atoms with van der Waals surface area (Å²) in [7, 11) is 0. The molecule has 1 atom stereocenters. The molecule has 2 heterocycles. The highest BCUT2D eigenvalue weighted by Gasteiger charge is 2.27. The lowest BCUT2D eigenvalue weighted by atomic mass is 9.96. The quantitative estimate of drug-likeness (QED) is 0.944. The van der Waals surface area contributed by atoms with Gasteiger partial charge in [0, 0.05) is 24.5 Å². The third-order valence-corrected chi connectivity index (χ3v) is 4.88. The van der Waals surface area contributed by atoms with Crippen molar-refractivity contribution in [2.45, 2.75) is 18.9 Å². The summed E-state index contributed by atoms with van der Waals surface area (Å²) in [4.78, 5) is 16.1. The predicted octanol–water partition coefficient (Wildman–Crippen LogP) is 2.80. The molecular weight excluding hydrogens is 304 g/mol. The summed E-state index contributed by atoms with van der Waals surface area (Å²) in [5.41, 5.74) is 8.14. The van der Waals surface area contributed by atoms with Gasteiger partial charge in [-0.1, -0.05) is 30.3 Å². The maximum absolute atomic E-state index is 12.7. The Morgan fingerprint density at radius 1 is 1.29 bits per heavy atom. The summed E-state index contributed by atoms with van der Waals surface area (Å²) in [5, 5.41) is 2.11. The number of carbonyl (C=O) groups excluding carboxylic acids is 1. The lowest BCUT2D eigenvalue weighted by molar-refractivity contribution is -0.133. The molecule has 21 heavy (non-hydrogen) atoms. The van der Waals surface area contributed by atoms with Crippen molar-refractivity contribution >= 4 is 29.7 Å². The number of hydrogen-bond acceptors (Lipinski definition) is 3. The molecule has 1 amide bonds. The Kier molecular flexibility index (Phi) is 5.39. The topological polar surface area (TPSA) is 46.3 Å². The van der Waals surface area contributed by atoms with Crippen LogP contribution in [0.5, 0.6) is 0 Å². The zero-order valence-electron chi connectivity index (χ0n) is 11.7. The van der Waals surface area contributed by atoms with Crippen molar-refractivity contribution < 1.29 is 4.79 Å². The minimum Gasteiger partial charge on any atom is -0.337 e. The van der Waals surface area contributed by atoms with E-state index in [1.165, 1.54) is 10.4 Å². The number of hydrogen-bond donors (Lipinski definition) is 1. The number of fused-ring (bicyclic) bond motifs is 1. The van der Waals surface area contributed by atoms with Crippen molar-refractivity contribution in [1.29, 1.82) is 0 Å². The zero-order chi connectivity index (χ0) is 13.9. The first-order chi connectivity index (χ1) is 9.79. The van der Waals surface area contributed by atoms with Crippen molar-refractivity contribution in [2.24, 2.45) is 5.73 Å². The van der Waals surface area contributed by atoms with Crippen LogP contribution in [0.2, 0.25) is 0 Å². The second-order valence-electron chi connectivity index (χ2n) is 5.08. The van der Waals surface area contributed by atoms with Crippen LogP contribution in [0.4, 0.5) is 0 Å². The Hall–Kier alpha value is -1.36. The van der Waals surface area contributed by atoms with Gasteiger partial charge in [-0.05, 0) is 29.0 Å². The van der Waals surface area contributed by atoms with E-state index in [1.807, 2.05) is 35.2 Å². The fourth-order valence-corrected chi connectivity index (χ4v) is 3.61. The highest BCUT2D eigenvalue weighted by atomic mass is 35.5. The minimum atomic E-state index is -0.226. The molecule has 0 spiro atoms. The van der Waals surface area contributed by atoms with Crippen molar-refractivity contribution in [1.82, 2.24) is 4.90 Å². The van der Waals surface area contributed by atoms with E-state index in [0.717, 1.165) is 25.1 Å². The number of benzene rings is 1. The summed E-state index contributed by atoms with van der Waals surface area (Å²) in [6.45, 7) is 1.88. The van der Waals surface area contributed by atoms with Crippen LogP contribution < -0.4 is 5.73 Å². The molecule has 0 fully saturated rings. The molecule has 2 N–H and O–H groups in total. The third-order valence-electron chi connectivity index (χ3n) is 3.86. The molecule has 0 bridgehead atoms. The summed E-state index contributed by atoms with van der Waals surface area (Å²) in [6, 6.07) is 12.0. The maximum Gasteiger partial charge on any atom is 0.231 e. The van der Waals surface area contributed by atoms with Gasteiger partial charge in [-0.3, -0.25) is 4.79 Å². The Morgan fingerprint density at radius 3 is 2.76 bits per heavy atom. The summed E-state index contributed by atoms with van der Waals surface area (Å²) >= 11 is 1.79. The van der Waals surface area contributed by atoms with Gasteiger partial charge in [-0.25, -0.2) is 0 Å². The monoisotopic (exact) mass is 322 g/mol. The van der Waals surface area contributed by atoms with Crippen molar-refractivity contribution in [2.75, 3.05) is 13.1 Å². The predicted molar refractivity (Wildman–Crippen MR) is 88.9 cm³/mol. The number of nitrogens with two attached hydrogens (primary N) is 1. The highest BCUT2D eigenvalue weighted by molar-refractivity contribution is 7.10. The molecule has 0 saturated carbocycles. The van der Waals surface area contributed by atoms with Gasteiger partial charge in [-0.15, -0.1) is 23.7 Å². The number of rotatable bonds is 3. The van der Waals surface area contributed by atoms with Crippen LogP contribution in [0, 0.1) is 0 Å². The number of thiophene rings is 1. The molecule has 0 saturated heterocycles. The van der Waals surface area contributed by atoms with Gasteiger partial charge in [0.15, 0.2) is 0 Å². The lowest BCUT2D eigenvalue weighted by Gasteiger charge is -2.30. The molecule has 5 heteroatoms. The van der Waals surface area contributed by atoms with E-state index in [2.05, 4.69) is 11.4 Å². The van der Waals surface area contributed by atoms with Gasteiger partial charge < -0.3 is 10.6 Å². The number of carbonyl (C=O) groups is 1. The van der Waals surface area contributed by atoms with Crippen LogP contribution in [-0.4, -0.2) is 23.9 Å². The Balaban J connectivity index is 0.00000161. The molecule has 3 rings (SSSR count). The van der Waals surface area contributed by atoms with E-state index in [0.29, 0.717) is 6.54 Å². The van der Waals surface area contributed by atoms with Crippen LogP contribution in [0.1, 0.15) is 21.9 Å². The van der Waals surface area contributed by atoms with Crippen molar-refractivity contribution in [3.05, 3.63) is 57.8 Å². The number of halogens is 1.